The highest BCUT2D eigenvalue weighted by Crippen LogP contribution is 2.65. The number of aromatic nitrogens is 1. The van der Waals surface area contributed by atoms with E-state index in [0.29, 0.717) is 18.0 Å². The van der Waals surface area contributed by atoms with Gasteiger partial charge < -0.3 is 18.8 Å². The Hall–Kier alpha value is -3.28. The molecule has 2 fully saturated rings. The third kappa shape index (κ3) is 3.22. The van der Waals surface area contributed by atoms with Gasteiger partial charge in [-0.3, -0.25) is 4.79 Å². The summed E-state index contributed by atoms with van der Waals surface area (Å²) in [7, 11) is 4.56. The number of hydrogen-bond donors (Lipinski definition) is 0. The van der Waals surface area contributed by atoms with Crippen molar-refractivity contribution in [1.82, 2.24) is 4.57 Å². The largest absolute Gasteiger partial charge is 0.497 e. The third-order valence-electron chi connectivity index (χ3n) is 8.53. The van der Waals surface area contributed by atoms with Crippen LogP contribution in [0, 0.1) is 5.41 Å². The molecule has 0 radical (unpaired) electrons. The Balaban J connectivity index is 1.68. The fourth-order valence-electron chi connectivity index (χ4n) is 6.72. The number of methoxy groups -OCH3 is 3. The van der Waals surface area contributed by atoms with Gasteiger partial charge in [0, 0.05) is 28.9 Å². The number of nitrogens with zero attached hydrogens (tertiary/aromatic N) is 1. The van der Waals surface area contributed by atoms with Gasteiger partial charge in [0.2, 0.25) is 0 Å². The van der Waals surface area contributed by atoms with Gasteiger partial charge in [0.25, 0.3) is 0 Å². The molecule has 182 valence electrons. The molecule has 3 aromatic rings. The van der Waals surface area contributed by atoms with Crippen molar-refractivity contribution in [2.24, 2.45) is 5.41 Å². The first-order valence-electron chi connectivity index (χ1n) is 12.5. The standard InChI is InChI=1S/C29H31NO5/c1-33-19-10-12-20-22(14-19)23-15-29(23,28(32)35-3)16-30-24-13-18(27(31)34-2)9-11-21(24)25(26(20)30)17-7-5-4-6-8-17/h9-14,17,23H,4-8,15-16H2,1-3H3. The first-order chi connectivity index (χ1) is 17.0. The van der Waals surface area contributed by atoms with Crippen LogP contribution in [0.2, 0.25) is 0 Å². The maximum atomic E-state index is 13.2. The van der Waals surface area contributed by atoms with E-state index < -0.39 is 5.41 Å². The fraction of sp³-hybridized carbons (Fsp3) is 0.448. The van der Waals surface area contributed by atoms with Crippen molar-refractivity contribution in [3.8, 4) is 17.0 Å². The summed E-state index contributed by atoms with van der Waals surface area (Å²) < 4.78 is 18.2. The molecule has 2 aliphatic carbocycles. The lowest BCUT2D eigenvalue weighted by atomic mass is 9.81. The third-order valence-corrected chi connectivity index (χ3v) is 8.53. The summed E-state index contributed by atoms with van der Waals surface area (Å²) >= 11 is 0. The Labute approximate surface area is 205 Å². The van der Waals surface area contributed by atoms with E-state index in [1.165, 1.54) is 50.1 Å². The Morgan fingerprint density at radius 1 is 0.971 bits per heavy atom. The summed E-state index contributed by atoms with van der Waals surface area (Å²) in [6, 6.07) is 12.1. The van der Waals surface area contributed by atoms with Crippen LogP contribution >= 0.6 is 0 Å². The van der Waals surface area contributed by atoms with Crippen molar-refractivity contribution in [2.75, 3.05) is 21.3 Å². The van der Waals surface area contributed by atoms with Crippen LogP contribution in [0.1, 0.15) is 71.8 Å². The summed E-state index contributed by atoms with van der Waals surface area (Å²) in [6.45, 7) is 0.532. The maximum Gasteiger partial charge on any atom is 0.337 e. The second kappa shape index (κ2) is 8.14. The minimum absolute atomic E-state index is 0.0815. The molecular weight excluding hydrogens is 442 g/mol. The topological polar surface area (TPSA) is 66.8 Å². The molecule has 1 aromatic heterocycles. The van der Waals surface area contributed by atoms with E-state index in [1.54, 1.807) is 7.11 Å². The molecule has 6 nitrogen and oxygen atoms in total. The molecular formula is C29H31NO5. The molecule has 1 aliphatic heterocycles. The van der Waals surface area contributed by atoms with Crippen LogP contribution < -0.4 is 4.74 Å². The molecule has 2 heterocycles. The van der Waals surface area contributed by atoms with Crippen molar-refractivity contribution >= 4 is 22.8 Å². The number of fused-ring (bicyclic) bond motifs is 7. The van der Waals surface area contributed by atoms with Gasteiger partial charge in [-0.15, -0.1) is 0 Å². The summed E-state index contributed by atoms with van der Waals surface area (Å²) in [5, 5.41) is 1.17. The lowest BCUT2D eigenvalue weighted by molar-refractivity contribution is -0.147. The van der Waals surface area contributed by atoms with Crippen LogP contribution in [0.15, 0.2) is 36.4 Å². The highest BCUT2D eigenvalue weighted by molar-refractivity contribution is 6.00. The average Bonchev–Trinajstić information content (AvgIpc) is 3.58. The minimum atomic E-state index is -0.613. The number of carbonyl (C=O) groups excluding carboxylic acids is 2. The van der Waals surface area contributed by atoms with Gasteiger partial charge in [-0.2, -0.15) is 0 Å². The normalized spacial score (nSPS) is 23.0. The molecule has 0 spiro atoms. The van der Waals surface area contributed by atoms with Crippen molar-refractivity contribution < 1.29 is 23.8 Å². The van der Waals surface area contributed by atoms with Gasteiger partial charge in [0.1, 0.15) is 5.75 Å². The molecule has 2 atom stereocenters. The quantitative estimate of drug-likeness (QED) is 0.447. The monoisotopic (exact) mass is 473 g/mol. The summed E-state index contributed by atoms with van der Waals surface area (Å²) in [5.74, 6) is 0.802. The first-order valence-corrected chi connectivity index (χ1v) is 12.5. The van der Waals surface area contributed by atoms with E-state index in [0.717, 1.165) is 41.7 Å². The Bertz CT molecular complexity index is 1350. The highest BCUT2D eigenvalue weighted by Gasteiger charge is 2.63. The molecule has 2 saturated carbocycles. The number of hydrogen-bond acceptors (Lipinski definition) is 5. The van der Waals surface area contributed by atoms with E-state index in [4.69, 9.17) is 14.2 Å². The van der Waals surface area contributed by atoms with Gasteiger partial charge in [0.05, 0.1) is 38.0 Å². The molecule has 35 heavy (non-hydrogen) atoms. The predicted molar refractivity (Wildman–Crippen MR) is 133 cm³/mol. The smallest absolute Gasteiger partial charge is 0.337 e. The molecule has 0 bridgehead atoms. The second-order valence-electron chi connectivity index (χ2n) is 10.3. The van der Waals surface area contributed by atoms with Crippen LogP contribution in [-0.4, -0.2) is 37.8 Å². The molecule has 0 amide bonds. The van der Waals surface area contributed by atoms with Crippen LogP contribution in [0.25, 0.3) is 22.2 Å². The van der Waals surface area contributed by atoms with Crippen molar-refractivity contribution in [2.45, 2.75) is 56.9 Å². The number of benzene rings is 2. The van der Waals surface area contributed by atoms with Crippen molar-refractivity contribution in [3.05, 3.63) is 53.1 Å². The minimum Gasteiger partial charge on any atom is -0.497 e. The Morgan fingerprint density at radius 3 is 2.49 bits per heavy atom. The molecule has 2 aromatic carbocycles. The summed E-state index contributed by atoms with van der Waals surface area (Å²) in [6.07, 6.45) is 6.78. The number of esters is 2. The Morgan fingerprint density at radius 2 is 1.77 bits per heavy atom. The lowest BCUT2D eigenvalue weighted by Gasteiger charge is -2.24. The van der Waals surface area contributed by atoms with Crippen LogP contribution in [0.3, 0.4) is 0 Å². The van der Waals surface area contributed by atoms with E-state index in [1.807, 2.05) is 18.2 Å². The molecule has 0 N–H and O–H groups in total. The van der Waals surface area contributed by atoms with Gasteiger partial charge in [0.15, 0.2) is 0 Å². The van der Waals surface area contributed by atoms with Gasteiger partial charge >= 0.3 is 11.9 Å². The van der Waals surface area contributed by atoms with Crippen molar-refractivity contribution in [3.63, 3.8) is 0 Å². The zero-order chi connectivity index (χ0) is 24.3. The number of ether oxygens (including phenoxy) is 3. The van der Waals surface area contributed by atoms with Crippen LogP contribution in [0.4, 0.5) is 0 Å². The van der Waals surface area contributed by atoms with E-state index in [9.17, 15) is 9.59 Å². The molecule has 6 heteroatoms. The van der Waals surface area contributed by atoms with Crippen molar-refractivity contribution in [1.29, 1.82) is 0 Å². The summed E-state index contributed by atoms with van der Waals surface area (Å²) in [5.41, 5.74) is 5.75. The number of rotatable bonds is 4. The molecule has 3 aliphatic rings. The maximum absolute atomic E-state index is 13.2. The zero-order valence-electron chi connectivity index (χ0n) is 20.6. The van der Waals surface area contributed by atoms with Gasteiger partial charge in [-0.05, 0) is 66.6 Å². The number of carbonyl (C=O) groups is 2. The average molecular weight is 474 g/mol. The van der Waals surface area contributed by atoms with Gasteiger partial charge in [-0.25, -0.2) is 4.79 Å². The second-order valence-corrected chi connectivity index (χ2v) is 10.3. The first kappa shape index (κ1) is 22.2. The SMILES string of the molecule is COC(=O)c1ccc2c(C3CCCCC3)c3n(c2c1)CC1(C(=O)OC)CC1c1cc(OC)ccc1-3. The fourth-order valence-corrected chi connectivity index (χ4v) is 6.72. The van der Waals surface area contributed by atoms with Crippen LogP contribution in [-0.2, 0) is 20.8 Å². The van der Waals surface area contributed by atoms with E-state index in [2.05, 4.69) is 22.8 Å². The van der Waals surface area contributed by atoms with Crippen LogP contribution in [0.5, 0.6) is 5.75 Å². The summed E-state index contributed by atoms with van der Waals surface area (Å²) in [4.78, 5) is 25.6. The van der Waals surface area contributed by atoms with E-state index >= 15 is 0 Å². The molecule has 2 unspecified atom stereocenters. The Kier molecular flexibility index (Phi) is 5.17. The zero-order valence-corrected chi connectivity index (χ0v) is 20.6. The predicted octanol–water partition coefficient (Wildman–Crippen LogP) is 5.81. The molecule has 0 saturated heterocycles. The molecule has 6 rings (SSSR count). The van der Waals surface area contributed by atoms with E-state index in [-0.39, 0.29) is 17.9 Å². The van der Waals surface area contributed by atoms with Gasteiger partial charge in [-0.1, -0.05) is 25.3 Å². The highest BCUT2D eigenvalue weighted by atomic mass is 16.5. The lowest BCUT2D eigenvalue weighted by Crippen LogP contribution is -2.24.